The van der Waals surface area contributed by atoms with E-state index in [9.17, 15) is 0 Å². The van der Waals surface area contributed by atoms with Crippen LogP contribution in [0, 0.1) is 0 Å². The van der Waals surface area contributed by atoms with Crippen molar-refractivity contribution >= 4 is 43.2 Å². The Morgan fingerprint density at radius 1 is 0.630 bits per heavy atom. The second kappa shape index (κ2) is 18.6. The second-order valence-corrected chi connectivity index (χ2v) is 18.1. The molecule has 27 heavy (non-hydrogen) atoms. The molecule has 154 valence electrons. The molecule has 0 aromatic heterocycles. The van der Waals surface area contributed by atoms with E-state index in [1.165, 1.54) is 22.8 Å². The summed E-state index contributed by atoms with van der Waals surface area (Å²) in [5.74, 6) is 0. The summed E-state index contributed by atoms with van der Waals surface area (Å²) in [5.41, 5.74) is 0. The molecule has 2 rings (SSSR count). The number of hydrogen-bond acceptors (Lipinski definition) is 0. The topological polar surface area (TPSA) is 0 Å². The number of hydrogen-bond donors (Lipinski definition) is 0. The fourth-order valence-electron chi connectivity index (χ4n) is 1.96. The normalized spacial score (nSPS) is 10.1. The predicted octanol–water partition coefficient (Wildman–Crippen LogP) is 6.59. The van der Waals surface area contributed by atoms with Crippen molar-refractivity contribution in [1.29, 1.82) is 0 Å². The summed E-state index contributed by atoms with van der Waals surface area (Å²) >= 11 is 0. The van der Waals surface area contributed by atoms with Gasteiger partial charge in [-0.25, -0.2) is 0 Å². The smallest absolute Gasteiger partial charge is 0.0416 e. The Kier molecular flexibility index (Phi) is 20.5. The third kappa shape index (κ3) is 18.4. The van der Waals surface area contributed by atoms with Gasteiger partial charge < -0.3 is 0 Å². The quantitative estimate of drug-likeness (QED) is 0.263. The van der Waals surface area contributed by atoms with E-state index < -0.39 is 0 Å². The molecule has 0 unspecified atom stereocenters. The van der Waals surface area contributed by atoms with E-state index in [-0.39, 0.29) is 36.8 Å². The van der Waals surface area contributed by atoms with Crippen LogP contribution in [0.15, 0.2) is 60.7 Å². The molecular weight excluding hydrogens is 577 g/mol. The zero-order valence-electron chi connectivity index (χ0n) is 18.4. The molecule has 0 amide bonds. The van der Waals surface area contributed by atoms with Gasteiger partial charge in [0.25, 0.3) is 0 Å². The van der Waals surface area contributed by atoms with Gasteiger partial charge in [-0.15, -0.1) is 15.8 Å². The van der Waals surface area contributed by atoms with Crippen molar-refractivity contribution in [2.75, 3.05) is 46.2 Å². The van der Waals surface area contributed by atoms with Crippen LogP contribution in [-0.2, 0) is 20.1 Å². The van der Waals surface area contributed by atoms with Gasteiger partial charge in [-0.2, -0.15) is 0 Å². The minimum atomic E-state index is -0.158. The van der Waals surface area contributed by atoms with Crippen LogP contribution in [-0.4, -0.2) is 54.9 Å². The van der Waals surface area contributed by atoms with Crippen LogP contribution in [0.3, 0.4) is 0 Å². The molecule has 2 radical (unpaired) electrons. The van der Waals surface area contributed by atoms with Crippen molar-refractivity contribution in [3.05, 3.63) is 60.7 Å². The van der Waals surface area contributed by atoms with E-state index in [2.05, 4.69) is 114 Å². The molecule has 5 heteroatoms. The van der Waals surface area contributed by atoms with Gasteiger partial charge in [-0.05, 0) is 64.7 Å². The first-order valence-corrected chi connectivity index (χ1v) is 18.7. The van der Waals surface area contributed by atoms with Crippen molar-refractivity contribution in [3.8, 4) is 0 Å². The molecule has 0 saturated heterocycles. The fourth-order valence-corrected chi connectivity index (χ4v) is 6.52. The Morgan fingerprint density at radius 3 is 1.19 bits per heavy atom. The molecule has 2 aromatic carbocycles. The van der Waals surface area contributed by atoms with Crippen molar-refractivity contribution in [2.45, 2.75) is 19.1 Å². The van der Waals surface area contributed by atoms with Gasteiger partial charge in [0, 0.05) is 28.9 Å². The van der Waals surface area contributed by atoms with Crippen molar-refractivity contribution in [3.63, 3.8) is 0 Å². The van der Waals surface area contributed by atoms with Crippen LogP contribution in [0.25, 0.3) is 0 Å². The molecule has 0 nitrogen and oxygen atoms in total. The van der Waals surface area contributed by atoms with E-state index in [1.54, 1.807) is 0 Å². The van der Waals surface area contributed by atoms with E-state index in [0.717, 1.165) is 0 Å². The first-order valence-electron chi connectivity index (χ1n) is 9.12. The Bertz CT molecular complexity index is 497. The first-order chi connectivity index (χ1) is 12.2. The average molecular weight is 616 g/mol. The first kappa shape index (κ1) is 29.8. The van der Waals surface area contributed by atoms with Gasteiger partial charge in [0.15, 0.2) is 0 Å². The molecule has 0 aliphatic carbocycles. The molecule has 0 bridgehead atoms. The van der Waals surface area contributed by atoms with Crippen molar-refractivity contribution < 1.29 is 20.1 Å². The predicted molar refractivity (Wildman–Crippen MR) is 136 cm³/mol. The van der Waals surface area contributed by atoms with Crippen LogP contribution in [0.2, 0.25) is 19.1 Å². The summed E-state index contributed by atoms with van der Waals surface area (Å²) < 4.78 is 0. The summed E-state index contributed by atoms with van der Waals surface area (Å²) in [4.78, 5) is 0. The standard InChI is InChI=1S/C16H20PSi.2C3H9P.Ir/c1-18(2)14-13-17(15-9-5-3-6-10-15)16-11-7-4-8-12-16;2*1-4(2)3;/h3-12H,13-14H2,1-2H3;2*1-3H3;. The molecule has 0 aliphatic rings. The fraction of sp³-hybridized carbons (Fsp3) is 0.455. The molecule has 0 saturated carbocycles. The summed E-state index contributed by atoms with van der Waals surface area (Å²) in [6.07, 6.45) is 1.34. The molecule has 0 atom stereocenters. The van der Waals surface area contributed by atoms with Crippen LogP contribution >= 0.6 is 23.8 Å². The summed E-state index contributed by atoms with van der Waals surface area (Å²) in [6.45, 7) is 18.2. The van der Waals surface area contributed by atoms with Gasteiger partial charge in [-0.1, -0.05) is 79.8 Å². The summed E-state index contributed by atoms with van der Waals surface area (Å²) in [5, 5.41) is 3.03. The molecule has 0 fully saturated rings. The van der Waals surface area contributed by atoms with Crippen LogP contribution in [0.1, 0.15) is 0 Å². The van der Waals surface area contributed by atoms with Gasteiger partial charge in [0.1, 0.15) is 0 Å². The SMILES string of the molecule is CP(C)C.CP(C)C.C[Si](C)CCP(c1ccccc1)c1ccccc1.[Ir]. The van der Waals surface area contributed by atoms with Crippen LogP contribution in [0.4, 0.5) is 0 Å². The maximum Gasteiger partial charge on any atom is 0.0416 e. The second-order valence-electron chi connectivity index (χ2n) is 7.46. The Labute approximate surface area is 188 Å². The monoisotopic (exact) mass is 616 g/mol. The van der Waals surface area contributed by atoms with Gasteiger partial charge in [0.2, 0.25) is 0 Å². The minimum Gasteiger partial charge on any atom is -0.116 e. The molecule has 0 heterocycles. The van der Waals surface area contributed by atoms with E-state index in [0.29, 0.717) is 15.8 Å². The van der Waals surface area contributed by atoms with Gasteiger partial charge in [-0.3, -0.25) is 0 Å². The molecule has 2 aromatic rings. The average Bonchev–Trinajstić information content (AvgIpc) is 2.56. The van der Waals surface area contributed by atoms with Gasteiger partial charge in [0.05, 0.1) is 0 Å². The Hall–Kier alpha value is 0.596. The van der Waals surface area contributed by atoms with Crippen LogP contribution < -0.4 is 10.6 Å². The maximum atomic E-state index is 2.41. The third-order valence-corrected chi connectivity index (χ3v) is 7.16. The zero-order chi connectivity index (χ0) is 19.9. The van der Waals surface area contributed by atoms with Crippen molar-refractivity contribution in [1.82, 2.24) is 0 Å². The largest absolute Gasteiger partial charge is 0.116 e. The number of benzene rings is 2. The summed E-state index contributed by atoms with van der Waals surface area (Å²) in [6, 6.07) is 23.4. The zero-order valence-corrected chi connectivity index (χ0v) is 24.4. The maximum absolute atomic E-state index is 2.41. The third-order valence-electron chi connectivity index (χ3n) is 2.97. The van der Waals surface area contributed by atoms with E-state index in [4.69, 9.17) is 0 Å². The Balaban J connectivity index is 0. The Morgan fingerprint density at radius 2 is 0.926 bits per heavy atom. The van der Waals surface area contributed by atoms with E-state index >= 15 is 0 Å². The summed E-state index contributed by atoms with van der Waals surface area (Å²) in [7, 11) is 0.474. The molecule has 0 spiro atoms. The molecule has 0 aliphatic heterocycles. The minimum absolute atomic E-state index is 0. The van der Waals surface area contributed by atoms with Crippen LogP contribution in [0.5, 0.6) is 0 Å². The van der Waals surface area contributed by atoms with E-state index in [1.807, 2.05) is 0 Å². The van der Waals surface area contributed by atoms with Gasteiger partial charge >= 0.3 is 0 Å². The molecule has 0 N–H and O–H groups in total. The van der Waals surface area contributed by atoms with Crippen molar-refractivity contribution in [2.24, 2.45) is 0 Å². The number of rotatable bonds is 5. The molecular formula is C22H38IrP3Si.